The minimum Gasteiger partial charge on any atom is -0.474 e. The summed E-state index contributed by atoms with van der Waals surface area (Å²) in [6.45, 7) is 6.82. The number of fused-ring (bicyclic) bond motifs is 1. The van der Waals surface area contributed by atoms with E-state index in [0.29, 0.717) is 24.1 Å². The van der Waals surface area contributed by atoms with Gasteiger partial charge in [-0.2, -0.15) is 0 Å². The van der Waals surface area contributed by atoms with Gasteiger partial charge in [0.25, 0.3) is 0 Å². The number of rotatable bonds is 3. The van der Waals surface area contributed by atoms with Gasteiger partial charge in [-0.05, 0) is 45.7 Å². The normalized spacial score (nSPS) is 21.0. The van der Waals surface area contributed by atoms with Gasteiger partial charge in [0.1, 0.15) is 23.5 Å². The van der Waals surface area contributed by atoms with Crippen LogP contribution in [0.1, 0.15) is 33.6 Å². The first-order valence-electron chi connectivity index (χ1n) is 9.43. The van der Waals surface area contributed by atoms with E-state index < -0.39 is 5.60 Å². The summed E-state index contributed by atoms with van der Waals surface area (Å²) in [5, 5.41) is 1.10. The molecule has 2 fully saturated rings. The average molecular weight is 406 g/mol. The van der Waals surface area contributed by atoms with Crippen molar-refractivity contribution in [1.29, 1.82) is 0 Å². The van der Waals surface area contributed by atoms with E-state index in [1.54, 1.807) is 17.2 Å². The third-order valence-electron chi connectivity index (χ3n) is 4.72. The van der Waals surface area contributed by atoms with Crippen LogP contribution in [0, 0.1) is 0 Å². The number of nitrogens with zero attached hydrogens (tertiary/aromatic N) is 3. The van der Waals surface area contributed by atoms with Crippen LogP contribution < -0.4 is 4.74 Å². The first-order valence-corrected chi connectivity index (χ1v) is 9.81. The summed E-state index contributed by atoms with van der Waals surface area (Å²) in [4.78, 5) is 22.8. The summed E-state index contributed by atoms with van der Waals surface area (Å²) in [6, 6.07) is 5.41. The van der Waals surface area contributed by atoms with Gasteiger partial charge in [-0.3, -0.25) is 4.98 Å². The Labute approximate surface area is 168 Å². The third kappa shape index (κ3) is 4.31. The molecule has 0 aromatic carbocycles. The van der Waals surface area contributed by atoms with Gasteiger partial charge in [0.15, 0.2) is 0 Å². The highest BCUT2D eigenvalue weighted by atomic mass is 35.5. The largest absolute Gasteiger partial charge is 0.474 e. The van der Waals surface area contributed by atoms with Gasteiger partial charge in [0, 0.05) is 12.3 Å². The van der Waals surface area contributed by atoms with Gasteiger partial charge in [0.05, 0.1) is 29.6 Å². The fourth-order valence-corrected chi connectivity index (χ4v) is 3.53. The van der Waals surface area contributed by atoms with Gasteiger partial charge in [-0.1, -0.05) is 11.6 Å². The quantitative estimate of drug-likeness (QED) is 0.722. The summed E-state index contributed by atoms with van der Waals surface area (Å²) < 4.78 is 17.7. The van der Waals surface area contributed by atoms with Crippen molar-refractivity contribution in [2.24, 2.45) is 0 Å². The summed E-state index contributed by atoms with van der Waals surface area (Å²) >= 11 is 6.10. The molecule has 1 spiro atoms. The van der Waals surface area contributed by atoms with Crippen molar-refractivity contribution in [2.45, 2.75) is 50.9 Å². The Balaban J connectivity index is 1.47. The van der Waals surface area contributed by atoms with E-state index in [1.807, 2.05) is 32.9 Å². The van der Waals surface area contributed by atoms with Crippen molar-refractivity contribution in [2.75, 3.05) is 19.7 Å². The van der Waals surface area contributed by atoms with Crippen LogP contribution in [0.4, 0.5) is 4.79 Å². The molecule has 3 heterocycles. The second-order valence-electron chi connectivity index (χ2n) is 8.41. The van der Waals surface area contributed by atoms with Crippen LogP contribution in [-0.2, 0) is 9.47 Å². The summed E-state index contributed by atoms with van der Waals surface area (Å²) in [7, 11) is 0. The molecule has 0 radical (unpaired) electrons. The van der Waals surface area contributed by atoms with Crippen molar-refractivity contribution in [1.82, 2.24) is 14.9 Å². The molecule has 8 heteroatoms. The molecule has 1 amide bonds. The highest BCUT2D eigenvalue weighted by Crippen LogP contribution is 2.44. The fourth-order valence-electron chi connectivity index (χ4n) is 3.35. The molecule has 2 aromatic rings. The van der Waals surface area contributed by atoms with E-state index in [1.165, 1.54) is 0 Å². The fraction of sp³-hybridized carbons (Fsp3) is 0.550. The standard InChI is InChI=1S/C20H24ClN3O4/c1-19(2,3)28-18(25)24-10-13(27-20(12-24)6-7-20)11-26-17-14-5-4-8-22-15(14)9-16(21)23-17/h4-5,8-9,13H,6-7,10-12H2,1-3H3/t13-/m0/s1. The Bertz CT molecular complexity index is 895. The maximum atomic E-state index is 12.5. The molecule has 1 saturated heterocycles. The smallest absolute Gasteiger partial charge is 0.410 e. The zero-order valence-electron chi connectivity index (χ0n) is 16.3. The molecule has 1 saturated carbocycles. The van der Waals surface area contributed by atoms with Crippen molar-refractivity contribution in [3.63, 3.8) is 0 Å². The number of ether oxygens (including phenoxy) is 3. The number of amides is 1. The van der Waals surface area contributed by atoms with Crippen molar-refractivity contribution in [3.05, 3.63) is 29.5 Å². The first kappa shape index (κ1) is 19.2. The second-order valence-corrected chi connectivity index (χ2v) is 8.80. The number of halogens is 1. The topological polar surface area (TPSA) is 73.8 Å². The lowest BCUT2D eigenvalue weighted by Gasteiger charge is -2.38. The van der Waals surface area contributed by atoms with Crippen LogP contribution in [0.25, 0.3) is 10.9 Å². The van der Waals surface area contributed by atoms with Crippen LogP contribution in [0.2, 0.25) is 5.15 Å². The SMILES string of the molecule is CC(C)(C)OC(=O)N1C[C@@H](COc2nc(Cl)cc3ncccc23)OC2(CC2)C1. The number of morpholine rings is 1. The Morgan fingerprint density at radius 3 is 2.93 bits per heavy atom. The Morgan fingerprint density at radius 1 is 1.43 bits per heavy atom. The highest BCUT2D eigenvalue weighted by Gasteiger charge is 2.51. The molecular formula is C20H24ClN3O4. The maximum absolute atomic E-state index is 12.5. The predicted octanol–water partition coefficient (Wildman–Crippen LogP) is 3.83. The Kier molecular flexibility index (Phi) is 4.83. The van der Waals surface area contributed by atoms with E-state index in [9.17, 15) is 4.79 Å². The lowest BCUT2D eigenvalue weighted by atomic mass is 10.2. The lowest BCUT2D eigenvalue weighted by Crippen LogP contribution is -2.54. The number of hydrogen-bond acceptors (Lipinski definition) is 6. The minimum absolute atomic E-state index is 0.262. The number of hydrogen-bond donors (Lipinski definition) is 0. The highest BCUT2D eigenvalue weighted by molar-refractivity contribution is 6.30. The summed E-state index contributed by atoms with van der Waals surface area (Å²) in [6.07, 6.45) is 2.98. The van der Waals surface area contributed by atoms with Crippen LogP contribution in [0.3, 0.4) is 0 Å². The van der Waals surface area contributed by atoms with E-state index in [2.05, 4.69) is 9.97 Å². The molecule has 28 heavy (non-hydrogen) atoms. The third-order valence-corrected chi connectivity index (χ3v) is 4.91. The zero-order chi connectivity index (χ0) is 19.9. The summed E-state index contributed by atoms with van der Waals surface area (Å²) in [5.41, 5.74) is -0.0837. The van der Waals surface area contributed by atoms with Gasteiger partial charge in [-0.15, -0.1) is 0 Å². The van der Waals surface area contributed by atoms with Crippen molar-refractivity contribution in [3.8, 4) is 5.88 Å². The van der Waals surface area contributed by atoms with E-state index >= 15 is 0 Å². The Morgan fingerprint density at radius 2 is 2.21 bits per heavy atom. The monoisotopic (exact) mass is 405 g/mol. The molecular weight excluding hydrogens is 382 g/mol. The molecule has 4 rings (SSSR count). The van der Waals surface area contributed by atoms with E-state index in [-0.39, 0.29) is 24.4 Å². The molecule has 2 aromatic heterocycles. The van der Waals surface area contributed by atoms with Crippen LogP contribution >= 0.6 is 11.6 Å². The molecule has 1 aliphatic carbocycles. The zero-order valence-corrected chi connectivity index (χ0v) is 17.0. The minimum atomic E-state index is -0.533. The molecule has 1 atom stereocenters. The van der Waals surface area contributed by atoms with Crippen molar-refractivity contribution >= 4 is 28.6 Å². The molecule has 0 N–H and O–H groups in total. The van der Waals surface area contributed by atoms with Crippen LogP contribution in [-0.4, -0.2) is 58.0 Å². The average Bonchev–Trinajstić information content (AvgIpc) is 3.36. The van der Waals surface area contributed by atoms with Crippen molar-refractivity contribution < 1.29 is 19.0 Å². The van der Waals surface area contributed by atoms with Gasteiger partial charge < -0.3 is 19.1 Å². The molecule has 150 valence electrons. The molecule has 1 aliphatic heterocycles. The first-order chi connectivity index (χ1) is 13.2. The molecule has 7 nitrogen and oxygen atoms in total. The lowest BCUT2D eigenvalue weighted by molar-refractivity contribution is -0.113. The van der Waals surface area contributed by atoms with Crippen LogP contribution in [0.15, 0.2) is 24.4 Å². The molecule has 0 unspecified atom stereocenters. The van der Waals surface area contributed by atoms with E-state index in [0.717, 1.165) is 23.7 Å². The summed E-state index contributed by atoms with van der Waals surface area (Å²) in [5.74, 6) is 0.415. The number of carbonyl (C=O) groups is 1. The molecule has 2 aliphatic rings. The van der Waals surface area contributed by atoms with Gasteiger partial charge >= 0.3 is 6.09 Å². The Hall–Kier alpha value is -2.12. The molecule has 0 bridgehead atoms. The predicted molar refractivity (Wildman–Crippen MR) is 105 cm³/mol. The van der Waals surface area contributed by atoms with Crippen LogP contribution in [0.5, 0.6) is 5.88 Å². The number of aromatic nitrogens is 2. The number of pyridine rings is 2. The van der Waals surface area contributed by atoms with Gasteiger partial charge in [-0.25, -0.2) is 9.78 Å². The second kappa shape index (κ2) is 7.04. The van der Waals surface area contributed by atoms with E-state index in [4.69, 9.17) is 25.8 Å². The van der Waals surface area contributed by atoms with Gasteiger partial charge in [0.2, 0.25) is 5.88 Å². The maximum Gasteiger partial charge on any atom is 0.410 e. The number of carbonyl (C=O) groups excluding carboxylic acids is 1.